The van der Waals surface area contributed by atoms with Crippen molar-refractivity contribution in [3.63, 3.8) is 0 Å². The van der Waals surface area contributed by atoms with Crippen molar-refractivity contribution in [1.29, 1.82) is 0 Å². The maximum Gasteiger partial charge on any atom is 0.406 e. The molecule has 1 aromatic heterocycles. The van der Waals surface area contributed by atoms with Crippen LogP contribution in [0.1, 0.15) is 6.42 Å². The number of aromatic nitrogens is 2. The highest BCUT2D eigenvalue weighted by Gasteiger charge is 2.40. The van der Waals surface area contributed by atoms with Crippen molar-refractivity contribution in [2.45, 2.75) is 12.6 Å². The lowest BCUT2D eigenvalue weighted by molar-refractivity contribution is -0.157. The number of hydrogen-bond donors (Lipinski definition) is 1. The van der Waals surface area contributed by atoms with E-state index in [4.69, 9.17) is 0 Å². The molecule has 6 nitrogen and oxygen atoms in total. The largest absolute Gasteiger partial charge is 0.406 e. The first kappa shape index (κ1) is 18.0. The quantitative estimate of drug-likeness (QED) is 0.904. The number of carbonyl (C=O) groups excluding carboxylic acids is 2. The third kappa shape index (κ3) is 4.04. The number of halogens is 3. The van der Waals surface area contributed by atoms with E-state index in [1.165, 1.54) is 0 Å². The third-order valence-corrected chi connectivity index (χ3v) is 4.16. The highest BCUT2D eigenvalue weighted by atomic mass is 19.4. The molecule has 26 heavy (non-hydrogen) atoms. The van der Waals surface area contributed by atoms with Gasteiger partial charge in [-0.3, -0.25) is 9.59 Å². The molecule has 1 atom stereocenters. The number of benzene rings is 1. The Hall–Kier alpha value is -2.84. The summed E-state index contributed by atoms with van der Waals surface area (Å²) in [6, 6.07) is 6.98. The van der Waals surface area contributed by atoms with Crippen molar-refractivity contribution < 1.29 is 22.8 Å². The number of rotatable bonds is 4. The molecule has 0 spiro atoms. The lowest BCUT2D eigenvalue weighted by atomic mass is 10.1. The van der Waals surface area contributed by atoms with Crippen LogP contribution in [0.3, 0.4) is 0 Å². The average molecular weight is 366 g/mol. The van der Waals surface area contributed by atoms with Crippen molar-refractivity contribution >= 4 is 17.5 Å². The Morgan fingerprint density at radius 1 is 1.38 bits per heavy atom. The maximum absolute atomic E-state index is 12.5. The van der Waals surface area contributed by atoms with Gasteiger partial charge in [-0.2, -0.15) is 13.2 Å². The molecule has 1 N–H and O–H groups in total. The minimum atomic E-state index is -4.47. The van der Waals surface area contributed by atoms with Crippen molar-refractivity contribution in [1.82, 2.24) is 14.5 Å². The van der Waals surface area contributed by atoms with E-state index >= 15 is 0 Å². The van der Waals surface area contributed by atoms with Gasteiger partial charge < -0.3 is 14.8 Å². The summed E-state index contributed by atoms with van der Waals surface area (Å²) in [4.78, 5) is 29.0. The van der Waals surface area contributed by atoms with E-state index in [1.807, 2.05) is 17.7 Å². The van der Waals surface area contributed by atoms with E-state index in [1.54, 1.807) is 30.6 Å². The van der Waals surface area contributed by atoms with Gasteiger partial charge in [0.1, 0.15) is 12.4 Å². The van der Waals surface area contributed by atoms with Crippen LogP contribution in [0.15, 0.2) is 36.7 Å². The fraction of sp³-hybridized carbons (Fsp3) is 0.353. The summed E-state index contributed by atoms with van der Waals surface area (Å²) in [6.07, 6.45) is -1.25. The Balaban J connectivity index is 1.67. The molecule has 2 aromatic rings. The van der Waals surface area contributed by atoms with Gasteiger partial charge in [0, 0.05) is 43.7 Å². The molecule has 0 bridgehead atoms. The topological polar surface area (TPSA) is 67.2 Å². The number of nitrogens with one attached hydrogen (secondary N) is 1. The van der Waals surface area contributed by atoms with E-state index in [0.717, 1.165) is 5.56 Å². The number of amides is 2. The highest BCUT2D eigenvalue weighted by molar-refractivity contribution is 5.97. The van der Waals surface area contributed by atoms with Crippen LogP contribution in [-0.2, 0) is 16.6 Å². The predicted molar refractivity (Wildman–Crippen MR) is 88.0 cm³/mol. The van der Waals surface area contributed by atoms with E-state index in [-0.39, 0.29) is 13.0 Å². The minimum Gasteiger partial charge on any atom is -0.334 e. The molecule has 138 valence electrons. The zero-order valence-electron chi connectivity index (χ0n) is 14.0. The highest BCUT2D eigenvalue weighted by Crippen LogP contribution is 2.26. The molecule has 3 rings (SSSR count). The van der Waals surface area contributed by atoms with Crippen molar-refractivity contribution in [2.24, 2.45) is 13.0 Å². The summed E-state index contributed by atoms with van der Waals surface area (Å²) in [5, 5.41) is 2.67. The molecule has 1 aliphatic heterocycles. The van der Waals surface area contributed by atoms with E-state index in [2.05, 4.69) is 10.3 Å². The molecule has 1 fully saturated rings. The van der Waals surface area contributed by atoms with E-state index in [9.17, 15) is 22.8 Å². The number of anilines is 1. The zero-order chi connectivity index (χ0) is 18.9. The number of aryl methyl sites for hydroxylation is 1. The monoisotopic (exact) mass is 366 g/mol. The molecule has 1 aromatic carbocycles. The summed E-state index contributed by atoms with van der Waals surface area (Å²) >= 11 is 0. The van der Waals surface area contributed by atoms with Crippen LogP contribution in [0.25, 0.3) is 11.4 Å². The van der Waals surface area contributed by atoms with E-state index in [0.29, 0.717) is 16.4 Å². The van der Waals surface area contributed by atoms with Gasteiger partial charge in [-0.05, 0) is 12.1 Å². The van der Waals surface area contributed by atoms with Crippen LogP contribution in [-0.4, -0.2) is 45.5 Å². The Kier molecular flexibility index (Phi) is 4.71. The SMILES string of the molecule is Cn1ccnc1-c1cccc(NC(=O)C2CC(=O)N(CC(F)(F)F)C2)c1. The van der Waals surface area contributed by atoms with E-state index < -0.39 is 30.5 Å². The number of carbonyl (C=O) groups is 2. The number of alkyl halides is 3. The van der Waals surface area contributed by atoms with Gasteiger partial charge in [0.05, 0.1) is 5.92 Å². The Labute approximate surface area is 147 Å². The van der Waals surface area contributed by atoms with Crippen LogP contribution in [0.2, 0.25) is 0 Å². The lowest BCUT2D eigenvalue weighted by Gasteiger charge is -2.18. The fourth-order valence-corrected chi connectivity index (χ4v) is 2.94. The smallest absolute Gasteiger partial charge is 0.334 e. The second kappa shape index (κ2) is 6.81. The van der Waals surface area contributed by atoms with Crippen LogP contribution in [0.5, 0.6) is 0 Å². The van der Waals surface area contributed by atoms with Crippen LogP contribution >= 0.6 is 0 Å². The molecular formula is C17H17F3N4O2. The average Bonchev–Trinajstić information content (AvgIpc) is 3.12. The molecule has 1 unspecified atom stereocenters. The number of nitrogens with zero attached hydrogens (tertiary/aromatic N) is 3. The van der Waals surface area contributed by atoms with Crippen LogP contribution < -0.4 is 5.32 Å². The summed E-state index contributed by atoms with van der Waals surface area (Å²) in [5.74, 6) is -1.22. The lowest BCUT2D eigenvalue weighted by Crippen LogP contribution is -2.36. The normalized spacial score (nSPS) is 17.6. The van der Waals surface area contributed by atoms with Gasteiger partial charge in [-0.1, -0.05) is 12.1 Å². The molecule has 9 heteroatoms. The van der Waals surface area contributed by atoms with Gasteiger partial charge in [0.2, 0.25) is 11.8 Å². The minimum absolute atomic E-state index is 0.221. The second-order valence-electron chi connectivity index (χ2n) is 6.22. The molecular weight excluding hydrogens is 349 g/mol. The van der Waals surface area contributed by atoms with Crippen molar-refractivity contribution in [2.75, 3.05) is 18.4 Å². The molecule has 0 saturated carbocycles. The Morgan fingerprint density at radius 3 is 2.81 bits per heavy atom. The van der Waals surface area contributed by atoms with Crippen LogP contribution in [0, 0.1) is 5.92 Å². The molecule has 2 heterocycles. The van der Waals surface area contributed by atoms with Gasteiger partial charge in [-0.25, -0.2) is 4.98 Å². The fourth-order valence-electron chi connectivity index (χ4n) is 2.94. The zero-order valence-corrected chi connectivity index (χ0v) is 14.0. The number of likely N-dealkylation sites (tertiary alicyclic amines) is 1. The second-order valence-corrected chi connectivity index (χ2v) is 6.22. The van der Waals surface area contributed by atoms with Gasteiger partial charge >= 0.3 is 6.18 Å². The summed E-state index contributed by atoms with van der Waals surface area (Å²) in [7, 11) is 1.84. The van der Waals surface area contributed by atoms with Crippen molar-refractivity contribution in [3.8, 4) is 11.4 Å². The predicted octanol–water partition coefficient (Wildman–Crippen LogP) is 2.44. The molecule has 0 aliphatic carbocycles. The first-order valence-corrected chi connectivity index (χ1v) is 7.96. The van der Waals surface area contributed by atoms with Gasteiger partial charge in [0.15, 0.2) is 0 Å². The molecule has 1 saturated heterocycles. The molecule has 0 radical (unpaired) electrons. The Bertz CT molecular complexity index is 831. The van der Waals surface area contributed by atoms with Gasteiger partial charge in [0.25, 0.3) is 0 Å². The first-order chi connectivity index (χ1) is 12.2. The summed E-state index contributed by atoms with van der Waals surface area (Å²) in [6.45, 7) is -1.56. The standard InChI is InChI=1S/C17H17F3N4O2/c1-23-6-5-21-15(23)11-3-2-4-13(7-11)22-16(26)12-8-14(25)24(9-12)10-17(18,19)20/h2-7,12H,8-10H2,1H3,(H,22,26). The maximum atomic E-state index is 12.5. The molecule has 2 amide bonds. The number of imidazole rings is 1. The summed E-state index contributed by atoms with van der Waals surface area (Å²) in [5.41, 5.74) is 1.29. The third-order valence-electron chi connectivity index (χ3n) is 4.16. The van der Waals surface area contributed by atoms with Gasteiger partial charge in [-0.15, -0.1) is 0 Å². The first-order valence-electron chi connectivity index (χ1n) is 7.96. The Morgan fingerprint density at radius 2 is 2.15 bits per heavy atom. The molecule has 1 aliphatic rings. The van der Waals surface area contributed by atoms with Crippen molar-refractivity contribution in [3.05, 3.63) is 36.7 Å². The summed E-state index contributed by atoms with van der Waals surface area (Å²) < 4.78 is 39.2. The number of hydrogen-bond acceptors (Lipinski definition) is 3. The van der Waals surface area contributed by atoms with Crippen LogP contribution in [0.4, 0.5) is 18.9 Å².